The molecule has 6 aliphatic rings. The second-order valence-electron chi connectivity index (χ2n) is 8.64. The van der Waals surface area contributed by atoms with Crippen LogP contribution in [0.1, 0.15) is 18.4 Å². The molecule has 120 valence electrons. The van der Waals surface area contributed by atoms with Crippen molar-refractivity contribution in [1.29, 1.82) is 0 Å². The zero-order valence-electron chi connectivity index (χ0n) is 13.2. The van der Waals surface area contributed by atoms with E-state index >= 15 is 0 Å². The monoisotopic (exact) mass is 318 g/mol. The van der Waals surface area contributed by atoms with Gasteiger partial charge in [-0.2, -0.15) is 0 Å². The minimum Gasteiger partial charge on any atom is -0.381 e. The first kappa shape index (κ1) is 12.3. The number of fused-ring (bicyclic) bond motifs is 1. The molecule has 7 rings (SSSR count). The molecule has 3 heterocycles. The fraction of sp³-hybridized carbons (Fsp3) is 0.500. The van der Waals surface area contributed by atoms with Crippen LogP contribution in [-0.4, -0.2) is 35.2 Å². The van der Waals surface area contributed by atoms with Gasteiger partial charge in [-0.25, -0.2) is 0 Å². The van der Waals surface area contributed by atoms with Crippen LogP contribution >= 0.6 is 0 Å². The van der Waals surface area contributed by atoms with Gasteiger partial charge in [0.15, 0.2) is 0 Å². The van der Waals surface area contributed by atoms with E-state index in [4.69, 9.17) is 0 Å². The topological polar surface area (TPSA) is 49.4 Å². The highest BCUT2D eigenvalue weighted by Gasteiger charge is 2.82. The summed E-state index contributed by atoms with van der Waals surface area (Å²) < 4.78 is 0. The number of hydrogen-bond acceptors (Lipinski definition) is 3. The molecule has 3 bridgehead atoms. The van der Waals surface area contributed by atoms with E-state index in [9.17, 15) is 9.59 Å². The number of nitrogens with one attached hydrogen (secondary N) is 1. The third-order valence-electron chi connectivity index (χ3n) is 8.10. The van der Waals surface area contributed by atoms with Gasteiger partial charge in [-0.05, 0) is 30.4 Å². The largest absolute Gasteiger partial charge is 0.381 e. The van der Waals surface area contributed by atoms with Gasteiger partial charge in [0.05, 0.1) is 11.5 Å². The van der Waals surface area contributed by atoms with E-state index in [0.29, 0.717) is 12.5 Å². The molecule has 24 heavy (non-hydrogen) atoms. The molecule has 4 heteroatoms. The van der Waals surface area contributed by atoms with Crippen molar-refractivity contribution in [3.05, 3.63) is 42.0 Å². The Morgan fingerprint density at radius 3 is 2.96 bits per heavy atom. The first-order valence-electron chi connectivity index (χ1n) is 9.06. The fourth-order valence-electron chi connectivity index (χ4n) is 7.76. The molecule has 7 atom stereocenters. The van der Waals surface area contributed by atoms with E-state index in [-0.39, 0.29) is 40.5 Å². The molecule has 3 saturated carbocycles. The summed E-state index contributed by atoms with van der Waals surface area (Å²) >= 11 is 0. The second-order valence-corrected chi connectivity index (χ2v) is 8.64. The molecule has 1 aromatic rings. The van der Waals surface area contributed by atoms with Crippen LogP contribution < -0.4 is 5.32 Å². The van der Waals surface area contributed by atoms with Crippen molar-refractivity contribution in [2.45, 2.75) is 30.3 Å². The number of carbonyl (C=O) groups excluding carboxylic acids is 2. The number of Topliss-reactive ketones (excluding diaryl/α,β-unsaturated/α-hetero) is 1. The lowest BCUT2D eigenvalue weighted by atomic mass is 9.49. The number of anilines is 1. The Morgan fingerprint density at radius 2 is 2.04 bits per heavy atom. The SMILES string of the molecule is O=C1[C@H]2C(=O)N3CC=C[C@]45C[C@H]1[C@H](C4)C1Nc4ccccc4C12[C@@H]35. The summed E-state index contributed by atoms with van der Waals surface area (Å²) in [7, 11) is 0. The maximum atomic E-state index is 13.4. The molecule has 2 spiro atoms. The first-order valence-corrected chi connectivity index (χ1v) is 9.06. The van der Waals surface area contributed by atoms with Gasteiger partial charge in [-0.3, -0.25) is 9.59 Å². The highest BCUT2D eigenvalue weighted by molar-refractivity contribution is 6.09. The number of hydrogen-bond donors (Lipinski definition) is 1. The van der Waals surface area contributed by atoms with Gasteiger partial charge in [-0.1, -0.05) is 30.4 Å². The Balaban J connectivity index is 1.65. The standard InChI is InChI=1S/C20H18N2O2/c23-15-10-8-19-6-3-7-22-17(24)14(15)20(18(19)22)12-4-1-2-5-13(12)21-16(20)11(10)9-19/h1-6,10-11,14,16,18,21H,7-9H2/t10-,11-,14-,16?,18-,19-,20?/m0/s1. The van der Waals surface area contributed by atoms with Crippen LogP contribution in [0.4, 0.5) is 5.69 Å². The van der Waals surface area contributed by atoms with Gasteiger partial charge in [0, 0.05) is 29.6 Å². The Morgan fingerprint density at radius 1 is 1.17 bits per heavy atom. The molecular weight excluding hydrogens is 300 g/mol. The van der Waals surface area contributed by atoms with E-state index in [2.05, 4.69) is 46.6 Å². The molecule has 1 amide bonds. The fourth-order valence-corrected chi connectivity index (χ4v) is 7.76. The number of nitrogens with zero attached hydrogens (tertiary/aromatic N) is 1. The van der Waals surface area contributed by atoms with Gasteiger partial charge < -0.3 is 10.2 Å². The van der Waals surface area contributed by atoms with Gasteiger partial charge in [0.2, 0.25) is 5.91 Å². The highest BCUT2D eigenvalue weighted by Crippen LogP contribution is 2.74. The molecular formula is C20H18N2O2. The van der Waals surface area contributed by atoms with Crippen LogP contribution in [0.2, 0.25) is 0 Å². The second kappa shape index (κ2) is 3.32. The molecule has 4 nitrogen and oxygen atoms in total. The average molecular weight is 318 g/mol. The molecule has 1 saturated heterocycles. The van der Waals surface area contributed by atoms with Crippen molar-refractivity contribution in [3.63, 3.8) is 0 Å². The third kappa shape index (κ3) is 0.920. The number of amides is 1. The normalized spacial score (nSPS) is 51.0. The number of para-hydroxylation sites is 1. The van der Waals surface area contributed by atoms with Crippen molar-refractivity contribution in [3.8, 4) is 0 Å². The summed E-state index contributed by atoms with van der Waals surface area (Å²) in [6.07, 6.45) is 6.54. The minimum absolute atomic E-state index is 0.0137. The number of carbonyl (C=O) groups is 2. The summed E-state index contributed by atoms with van der Waals surface area (Å²) in [5, 5.41) is 3.76. The van der Waals surface area contributed by atoms with Crippen molar-refractivity contribution < 1.29 is 9.59 Å². The lowest BCUT2D eigenvalue weighted by Crippen LogP contribution is -2.66. The minimum atomic E-state index is -0.466. The van der Waals surface area contributed by atoms with Crippen LogP contribution in [0.3, 0.4) is 0 Å². The summed E-state index contributed by atoms with van der Waals surface area (Å²) in [5.74, 6) is 0.294. The average Bonchev–Trinajstić information content (AvgIpc) is 3.17. The predicted molar refractivity (Wildman–Crippen MR) is 87.3 cm³/mol. The van der Waals surface area contributed by atoms with E-state index in [1.807, 2.05) is 0 Å². The van der Waals surface area contributed by atoms with Crippen molar-refractivity contribution in [2.75, 3.05) is 11.9 Å². The molecule has 0 radical (unpaired) electrons. The third-order valence-corrected chi connectivity index (χ3v) is 8.10. The summed E-state index contributed by atoms with van der Waals surface area (Å²) in [6, 6.07) is 8.79. The molecule has 2 unspecified atom stereocenters. The van der Waals surface area contributed by atoms with E-state index < -0.39 is 5.92 Å². The van der Waals surface area contributed by atoms with Crippen molar-refractivity contribution in [2.24, 2.45) is 23.2 Å². The molecule has 3 aliphatic heterocycles. The summed E-state index contributed by atoms with van der Waals surface area (Å²) in [6.45, 7) is 0.668. The number of benzene rings is 1. The number of rotatable bonds is 0. The lowest BCUT2D eigenvalue weighted by Gasteiger charge is -2.55. The Kier molecular flexibility index (Phi) is 1.70. The zero-order valence-corrected chi connectivity index (χ0v) is 13.2. The van der Waals surface area contributed by atoms with E-state index in [0.717, 1.165) is 18.5 Å². The van der Waals surface area contributed by atoms with Gasteiger partial charge in [0.1, 0.15) is 11.7 Å². The molecule has 3 aliphatic carbocycles. The zero-order chi connectivity index (χ0) is 15.8. The van der Waals surface area contributed by atoms with Gasteiger partial charge >= 0.3 is 0 Å². The maximum absolute atomic E-state index is 13.4. The van der Waals surface area contributed by atoms with Crippen LogP contribution in [0.5, 0.6) is 0 Å². The predicted octanol–water partition coefficient (Wildman–Crippen LogP) is 1.72. The lowest BCUT2D eigenvalue weighted by molar-refractivity contribution is -0.142. The van der Waals surface area contributed by atoms with Crippen molar-refractivity contribution in [1.82, 2.24) is 4.90 Å². The Hall–Kier alpha value is -2.10. The molecule has 1 N–H and O–H groups in total. The van der Waals surface area contributed by atoms with E-state index in [1.165, 1.54) is 5.56 Å². The molecule has 1 aromatic carbocycles. The van der Waals surface area contributed by atoms with Crippen LogP contribution in [0.25, 0.3) is 0 Å². The van der Waals surface area contributed by atoms with Gasteiger partial charge in [-0.15, -0.1) is 0 Å². The number of ketones is 1. The molecule has 0 aromatic heterocycles. The van der Waals surface area contributed by atoms with Gasteiger partial charge in [0.25, 0.3) is 0 Å². The van der Waals surface area contributed by atoms with Crippen LogP contribution in [0.15, 0.2) is 36.4 Å². The maximum Gasteiger partial charge on any atom is 0.234 e. The Labute approximate surface area is 139 Å². The van der Waals surface area contributed by atoms with Crippen LogP contribution in [0, 0.1) is 23.2 Å². The summed E-state index contributed by atoms with van der Waals surface area (Å²) in [4.78, 5) is 28.7. The first-order chi connectivity index (χ1) is 11.7. The quantitative estimate of drug-likeness (QED) is 0.585. The highest BCUT2D eigenvalue weighted by atomic mass is 16.2. The molecule has 4 fully saturated rings. The van der Waals surface area contributed by atoms with E-state index in [1.54, 1.807) is 0 Å². The van der Waals surface area contributed by atoms with Crippen molar-refractivity contribution >= 4 is 17.4 Å². The van der Waals surface area contributed by atoms with Crippen LogP contribution in [-0.2, 0) is 15.0 Å². The summed E-state index contributed by atoms with van der Waals surface area (Å²) in [5.41, 5.74) is 2.04. The Bertz CT molecular complexity index is 891. The smallest absolute Gasteiger partial charge is 0.234 e.